The monoisotopic (exact) mass is 568 g/mol. The van der Waals surface area contributed by atoms with Crippen molar-refractivity contribution < 1.29 is 19.1 Å². The smallest absolute Gasteiger partial charge is 0.335 e. The van der Waals surface area contributed by atoms with Crippen LogP contribution in [-0.4, -0.2) is 17.8 Å². The molecule has 1 aliphatic rings. The van der Waals surface area contributed by atoms with Gasteiger partial charge in [-0.3, -0.25) is 14.9 Å². The minimum atomic E-state index is -0.785. The Kier molecular flexibility index (Phi) is 6.76. The molecule has 4 amide bonds. The van der Waals surface area contributed by atoms with Gasteiger partial charge in [0.2, 0.25) is 0 Å². The van der Waals surface area contributed by atoms with Crippen molar-refractivity contribution >= 4 is 61.5 Å². The molecule has 1 saturated heterocycles. The summed E-state index contributed by atoms with van der Waals surface area (Å²) in [6.45, 7) is 2.21. The van der Waals surface area contributed by atoms with Gasteiger partial charge >= 0.3 is 6.03 Å². The van der Waals surface area contributed by atoms with Crippen molar-refractivity contribution in [3.8, 4) is 5.75 Å². The van der Waals surface area contributed by atoms with Crippen molar-refractivity contribution in [2.75, 3.05) is 4.90 Å². The average molecular weight is 570 g/mol. The SMILES string of the molecule is Cc1ccc(N2C(=O)NC(=O)/C(=C\c3cc(Br)ccc3OCc3ccc(Br)cc3)C2=O)cc1. The second kappa shape index (κ2) is 9.72. The minimum absolute atomic E-state index is 0.165. The Morgan fingerprint density at radius 2 is 1.58 bits per heavy atom. The lowest BCUT2D eigenvalue weighted by molar-refractivity contribution is -0.122. The second-order valence-electron chi connectivity index (χ2n) is 7.39. The van der Waals surface area contributed by atoms with Crippen LogP contribution in [0.2, 0.25) is 0 Å². The van der Waals surface area contributed by atoms with E-state index in [0.717, 1.165) is 25.0 Å². The molecule has 0 spiro atoms. The first-order valence-corrected chi connectivity index (χ1v) is 11.6. The third kappa shape index (κ3) is 5.23. The molecule has 0 unspecified atom stereocenters. The fourth-order valence-electron chi connectivity index (χ4n) is 3.25. The van der Waals surface area contributed by atoms with Crippen molar-refractivity contribution in [3.05, 3.63) is 97.9 Å². The van der Waals surface area contributed by atoms with E-state index in [9.17, 15) is 14.4 Å². The number of benzene rings is 3. The van der Waals surface area contributed by atoms with Crippen molar-refractivity contribution in [1.29, 1.82) is 0 Å². The lowest BCUT2D eigenvalue weighted by Gasteiger charge is -2.26. The van der Waals surface area contributed by atoms with Crippen molar-refractivity contribution in [2.45, 2.75) is 13.5 Å². The molecular formula is C25H18Br2N2O4. The summed E-state index contributed by atoms with van der Waals surface area (Å²) in [4.78, 5) is 39.1. The van der Waals surface area contributed by atoms with Gasteiger partial charge in [-0.15, -0.1) is 0 Å². The molecule has 0 bridgehead atoms. The standard InChI is InChI=1S/C25H18Br2N2O4/c1-15-2-9-20(10-3-15)29-24(31)21(23(30)28-25(29)32)13-17-12-19(27)8-11-22(17)33-14-16-4-6-18(26)7-5-16/h2-13H,14H2,1H3,(H,28,30,32)/b21-13+. The molecule has 8 heteroatoms. The predicted octanol–water partition coefficient (Wildman–Crippen LogP) is 5.77. The second-order valence-corrected chi connectivity index (χ2v) is 9.22. The molecule has 4 rings (SSSR count). The normalized spacial score (nSPS) is 15.1. The van der Waals surface area contributed by atoms with Gasteiger partial charge in [0.15, 0.2) is 0 Å². The van der Waals surface area contributed by atoms with Crippen LogP contribution in [0.1, 0.15) is 16.7 Å². The zero-order valence-electron chi connectivity index (χ0n) is 17.5. The molecule has 0 aromatic heterocycles. The van der Waals surface area contributed by atoms with E-state index >= 15 is 0 Å². The van der Waals surface area contributed by atoms with E-state index in [1.165, 1.54) is 6.08 Å². The average Bonchev–Trinajstić information content (AvgIpc) is 2.78. The largest absolute Gasteiger partial charge is 0.488 e. The van der Waals surface area contributed by atoms with Gasteiger partial charge in [0.25, 0.3) is 11.8 Å². The number of halogens is 2. The van der Waals surface area contributed by atoms with Crippen molar-refractivity contribution in [1.82, 2.24) is 5.32 Å². The highest BCUT2D eigenvalue weighted by atomic mass is 79.9. The van der Waals surface area contributed by atoms with Crippen molar-refractivity contribution in [3.63, 3.8) is 0 Å². The van der Waals surface area contributed by atoms with Gasteiger partial charge in [-0.05, 0) is 61.0 Å². The Bertz CT molecular complexity index is 1270. The summed E-state index contributed by atoms with van der Waals surface area (Å²) in [5.41, 5.74) is 2.68. The maximum Gasteiger partial charge on any atom is 0.335 e. The van der Waals surface area contributed by atoms with Gasteiger partial charge in [-0.1, -0.05) is 61.7 Å². The number of amides is 4. The first-order valence-electron chi connectivity index (χ1n) is 9.97. The summed E-state index contributed by atoms with van der Waals surface area (Å²) < 4.78 is 7.69. The zero-order valence-corrected chi connectivity index (χ0v) is 20.6. The lowest BCUT2D eigenvalue weighted by Crippen LogP contribution is -2.54. The number of ether oxygens (including phenoxy) is 1. The van der Waals surface area contributed by atoms with Crippen molar-refractivity contribution in [2.24, 2.45) is 0 Å². The molecule has 0 saturated carbocycles. The molecule has 1 N–H and O–H groups in total. The van der Waals surface area contributed by atoms with Crippen LogP contribution in [-0.2, 0) is 16.2 Å². The van der Waals surface area contributed by atoms with Gasteiger partial charge in [0.1, 0.15) is 17.9 Å². The number of barbiturate groups is 1. The van der Waals surface area contributed by atoms with Gasteiger partial charge in [0, 0.05) is 14.5 Å². The number of aryl methyl sites for hydroxylation is 1. The summed E-state index contributed by atoms with van der Waals surface area (Å²) >= 11 is 6.83. The van der Waals surface area contributed by atoms with E-state index in [-0.39, 0.29) is 5.57 Å². The molecule has 166 valence electrons. The molecule has 3 aromatic carbocycles. The van der Waals surface area contributed by atoms with Crippen LogP contribution in [0, 0.1) is 6.92 Å². The van der Waals surface area contributed by atoms with E-state index in [2.05, 4.69) is 37.2 Å². The first kappa shape index (κ1) is 22.9. The minimum Gasteiger partial charge on any atom is -0.488 e. The van der Waals surface area contributed by atoms with E-state index in [1.54, 1.807) is 36.4 Å². The summed E-state index contributed by atoms with van der Waals surface area (Å²) in [5.74, 6) is -0.966. The molecule has 1 heterocycles. The quantitative estimate of drug-likeness (QED) is 0.313. The summed E-state index contributed by atoms with van der Waals surface area (Å²) in [7, 11) is 0. The third-order valence-corrected chi connectivity index (χ3v) is 6.00. The van der Waals surface area contributed by atoms with Gasteiger partial charge < -0.3 is 4.74 Å². The number of carbonyl (C=O) groups excluding carboxylic acids is 3. The Morgan fingerprint density at radius 3 is 2.27 bits per heavy atom. The van der Waals surface area contributed by atoms with E-state index < -0.39 is 17.8 Å². The molecule has 0 aliphatic carbocycles. The van der Waals surface area contributed by atoms with Gasteiger partial charge in [-0.2, -0.15) is 0 Å². The lowest BCUT2D eigenvalue weighted by atomic mass is 10.1. The van der Waals surface area contributed by atoms with E-state index in [0.29, 0.717) is 23.6 Å². The Morgan fingerprint density at radius 1 is 0.909 bits per heavy atom. The first-order chi connectivity index (χ1) is 15.8. The fourth-order valence-corrected chi connectivity index (χ4v) is 3.89. The van der Waals surface area contributed by atoms with Gasteiger partial charge in [-0.25, -0.2) is 9.69 Å². The predicted molar refractivity (Wildman–Crippen MR) is 133 cm³/mol. The third-order valence-electron chi connectivity index (χ3n) is 4.97. The molecule has 3 aromatic rings. The fraction of sp³-hybridized carbons (Fsp3) is 0.0800. The topological polar surface area (TPSA) is 75.7 Å². The number of nitrogens with zero attached hydrogens (tertiary/aromatic N) is 1. The Balaban J connectivity index is 1.66. The van der Waals surface area contributed by atoms with Crippen LogP contribution in [0.5, 0.6) is 5.75 Å². The Hall–Kier alpha value is -3.23. The number of imide groups is 2. The molecule has 0 radical (unpaired) electrons. The zero-order chi connectivity index (χ0) is 23.5. The molecule has 6 nitrogen and oxygen atoms in total. The van der Waals surface area contributed by atoms with Gasteiger partial charge in [0.05, 0.1) is 5.69 Å². The maximum absolute atomic E-state index is 13.2. The van der Waals surface area contributed by atoms with Crippen LogP contribution < -0.4 is 15.0 Å². The Labute approximate surface area is 207 Å². The summed E-state index contributed by atoms with van der Waals surface area (Å²) in [5, 5.41) is 2.24. The highest BCUT2D eigenvalue weighted by Gasteiger charge is 2.37. The van der Waals surface area contributed by atoms with E-state index in [4.69, 9.17) is 4.74 Å². The number of urea groups is 1. The van der Waals surface area contributed by atoms with E-state index in [1.807, 2.05) is 37.3 Å². The van der Waals surface area contributed by atoms with Crippen LogP contribution in [0.3, 0.4) is 0 Å². The van der Waals surface area contributed by atoms with Crippen LogP contribution in [0.4, 0.5) is 10.5 Å². The number of carbonyl (C=O) groups is 3. The number of anilines is 1. The molecule has 33 heavy (non-hydrogen) atoms. The number of hydrogen-bond acceptors (Lipinski definition) is 4. The molecule has 1 aliphatic heterocycles. The van der Waals surface area contributed by atoms with Crippen LogP contribution >= 0.6 is 31.9 Å². The van der Waals surface area contributed by atoms with Crippen LogP contribution in [0.15, 0.2) is 81.2 Å². The maximum atomic E-state index is 13.2. The number of nitrogens with one attached hydrogen (secondary N) is 1. The van der Waals surface area contributed by atoms with Crippen LogP contribution in [0.25, 0.3) is 6.08 Å². The molecule has 1 fully saturated rings. The summed E-state index contributed by atoms with van der Waals surface area (Å²) in [6.07, 6.45) is 1.44. The number of hydrogen-bond donors (Lipinski definition) is 1. The molecule has 0 atom stereocenters. The molecular weight excluding hydrogens is 552 g/mol. The highest BCUT2D eigenvalue weighted by Crippen LogP contribution is 2.29. The highest BCUT2D eigenvalue weighted by molar-refractivity contribution is 9.10. The summed E-state index contributed by atoms with van der Waals surface area (Å²) in [6, 6.07) is 19.1. The number of rotatable bonds is 5.